The highest BCUT2D eigenvalue weighted by atomic mass is 16.5. The second-order valence-electron chi connectivity index (χ2n) is 3.43. The number of aliphatic carboxylic acids is 1. The molecule has 0 rings (SSSR count). The van der Waals surface area contributed by atoms with Crippen LogP contribution in [0.2, 0.25) is 0 Å². The molecule has 0 bridgehead atoms. The van der Waals surface area contributed by atoms with E-state index in [4.69, 9.17) is 9.84 Å². The topological polar surface area (TPSA) is 75.6 Å². The van der Waals surface area contributed by atoms with Crippen molar-refractivity contribution in [1.29, 1.82) is 0 Å². The molecule has 0 spiro atoms. The maximum Gasteiger partial charge on any atom is 0.326 e. The smallest absolute Gasteiger partial charge is 0.326 e. The fourth-order valence-electron chi connectivity index (χ4n) is 0.964. The molecule has 0 unspecified atom stereocenters. The Morgan fingerprint density at radius 3 is 2.53 bits per heavy atom. The first kappa shape index (κ1) is 13.6. The summed E-state index contributed by atoms with van der Waals surface area (Å²) in [6.45, 7) is 7.00. The highest BCUT2D eigenvalue weighted by Crippen LogP contribution is 2.01. The number of hydrogen-bond acceptors (Lipinski definition) is 3. The van der Waals surface area contributed by atoms with Crippen molar-refractivity contribution >= 4 is 11.9 Å². The summed E-state index contributed by atoms with van der Waals surface area (Å²) in [5.74, 6) is -1.63. The molecule has 86 valence electrons. The highest BCUT2D eigenvalue weighted by Gasteiger charge is 2.22. The summed E-state index contributed by atoms with van der Waals surface area (Å²) in [4.78, 5) is 21.9. The van der Waals surface area contributed by atoms with Crippen LogP contribution in [0.4, 0.5) is 0 Å². The van der Waals surface area contributed by atoms with E-state index in [0.717, 1.165) is 0 Å². The maximum absolute atomic E-state index is 11.2. The molecule has 0 saturated heterocycles. The molecule has 0 fully saturated rings. The number of rotatable bonds is 7. The van der Waals surface area contributed by atoms with Crippen molar-refractivity contribution in [2.75, 3.05) is 13.2 Å². The van der Waals surface area contributed by atoms with E-state index >= 15 is 0 Å². The molecule has 0 aliphatic carbocycles. The van der Waals surface area contributed by atoms with Crippen LogP contribution in [0.3, 0.4) is 0 Å². The third kappa shape index (κ3) is 5.85. The zero-order chi connectivity index (χ0) is 11.8. The SMILES string of the molecule is C=CCOCC(=O)N[C@H](C(=O)O)C(C)C. The number of carbonyl (C=O) groups excluding carboxylic acids is 1. The van der Waals surface area contributed by atoms with Crippen LogP contribution < -0.4 is 5.32 Å². The minimum Gasteiger partial charge on any atom is -0.480 e. The van der Waals surface area contributed by atoms with Crippen LogP contribution in [0.25, 0.3) is 0 Å². The Kier molecular flexibility index (Phi) is 6.37. The highest BCUT2D eigenvalue weighted by molar-refractivity contribution is 5.84. The molecule has 5 nitrogen and oxygen atoms in total. The van der Waals surface area contributed by atoms with Crippen LogP contribution >= 0.6 is 0 Å². The van der Waals surface area contributed by atoms with Gasteiger partial charge in [0.25, 0.3) is 0 Å². The van der Waals surface area contributed by atoms with Gasteiger partial charge >= 0.3 is 5.97 Å². The molecular weight excluding hydrogens is 198 g/mol. The Labute approximate surface area is 89.1 Å². The Morgan fingerprint density at radius 1 is 1.53 bits per heavy atom. The van der Waals surface area contributed by atoms with Gasteiger partial charge in [-0.05, 0) is 5.92 Å². The molecule has 0 aliphatic rings. The molecule has 1 atom stereocenters. The number of amides is 1. The van der Waals surface area contributed by atoms with Crippen molar-refractivity contribution in [3.05, 3.63) is 12.7 Å². The summed E-state index contributed by atoms with van der Waals surface area (Å²) < 4.78 is 4.88. The van der Waals surface area contributed by atoms with Gasteiger partial charge < -0.3 is 15.2 Å². The molecule has 0 saturated carbocycles. The number of carboxylic acids is 1. The average molecular weight is 215 g/mol. The van der Waals surface area contributed by atoms with Gasteiger partial charge in [-0.15, -0.1) is 6.58 Å². The minimum atomic E-state index is -1.04. The molecule has 0 aromatic carbocycles. The number of carbonyl (C=O) groups is 2. The van der Waals surface area contributed by atoms with Gasteiger partial charge in [0.2, 0.25) is 5.91 Å². The lowest BCUT2D eigenvalue weighted by Crippen LogP contribution is -2.45. The first-order chi connectivity index (χ1) is 6.99. The lowest BCUT2D eigenvalue weighted by molar-refractivity contribution is -0.143. The van der Waals surface area contributed by atoms with E-state index in [2.05, 4.69) is 11.9 Å². The summed E-state index contributed by atoms with van der Waals surface area (Å²) in [7, 11) is 0. The molecule has 5 heteroatoms. The van der Waals surface area contributed by atoms with Gasteiger partial charge in [0, 0.05) is 0 Å². The Balaban J connectivity index is 4.00. The van der Waals surface area contributed by atoms with Crippen LogP contribution in [0.15, 0.2) is 12.7 Å². The van der Waals surface area contributed by atoms with Crippen molar-refractivity contribution < 1.29 is 19.4 Å². The van der Waals surface area contributed by atoms with Gasteiger partial charge in [0.15, 0.2) is 0 Å². The average Bonchev–Trinajstić information content (AvgIpc) is 2.13. The molecule has 0 heterocycles. The van der Waals surface area contributed by atoms with Crippen molar-refractivity contribution in [3.63, 3.8) is 0 Å². The Bertz CT molecular complexity index is 238. The van der Waals surface area contributed by atoms with E-state index in [1.165, 1.54) is 6.08 Å². The predicted octanol–water partition coefficient (Wildman–Crippen LogP) is 0.414. The van der Waals surface area contributed by atoms with E-state index in [1.807, 2.05) is 0 Å². The standard InChI is InChI=1S/C10H17NO4/c1-4-5-15-6-8(12)11-9(7(2)3)10(13)14/h4,7,9H,1,5-6H2,2-3H3,(H,11,12)(H,13,14)/t9-/m0/s1. The minimum absolute atomic E-state index is 0.150. The first-order valence-electron chi connectivity index (χ1n) is 4.69. The molecule has 0 radical (unpaired) electrons. The Hall–Kier alpha value is -1.36. The molecular formula is C10H17NO4. The Morgan fingerprint density at radius 2 is 2.13 bits per heavy atom. The van der Waals surface area contributed by atoms with Crippen molar-refractivity contribution in [1.82, 2.24) is 5.32 Å². The van der Waals surface area contributed by atoms with Crippen LogP contribution in [-0.2, 0) is 14.3 Å². The zero-order valence-electron chi connectivity index (χ0n) is 9.03. The summed E-state index contributed by atoms with van der Waals surface area (Å²) in [5.41, 5.74) is 0. The van der Waals surface area contributed by atoms with Crippen LogP contribution in [0, 0.1) is 5.92 Å². The summed E-state index contributed by atoms with van der Waals surface area (Å²) in [5, 5.41) is 11.2. The largest absolute Gasteiger partial charge is 0.480 e. The van der Waals surface area contributed by atoms with Gasteiger partial charge in [0.1, 0.15) is 12.6 Å². The van der Waals surface area contributed by atoms with Crippen LogP contribution in [-0.4, -0.2) is 36.2 Å². The van der Waals surface area contributed by atoms with Gasteiger partial charge in [0.05, 0.1) is 6.61 Å². The van der Waals surface area contributed by atoms with E-state index < -0.39 is 17.9 Å². The number of hydrogen-bond donors (Lipinski definition) is 2. The van der Waals surface area contributed by atoms with Crippen LogP contribution in [0.1, 0.15) is 13.8 Å². The molecule has 0 aliphatic heterocycles. The van der Waals surface area contributed by atoms with E-state index in [9.17, 15) is 9.59 Å². The summed E-state index contributed by atoms with van der Waals surface area (Å²) in [6.07, 6.45) is 1.52. The fraction of sp³-hybridized carbons (Fsp3) is 0.600. The summed E-state index contributed by atoms with van der Waals surface area (Å²) >= 11 is 0. The van der Waals surface area contributed by atoms with E-state index in [0.29, 0.717) is 0 Å². The predicted molar refractivity (Wildman–Crippen MR) is 55.4 cm³/mol. The number of ether oxygens (including phenoxy) is 1. The van der Waals surface area contributed by atoms with E-state index in [1.54, 1.807) is 13.8 Å². The molecule has 1 amide bonds. The normalized spacial score (nSPS) is 12.2. The lowest BCUT2D eigenvalue weighted by atomic mass is 10.1. The second kappa shape index (κ2) is 7.00. The molecule has 15 heavy (non-hydrogen) atoms. The molecule has 0 aromatic rings. The van der Waals surface area contributed by atoms with Gasteiger partial charge in [-0.3, -0.25) is 4.79 Å². The second-order valence-corrected chi connectivity index (χ2v) is 3.43. The molecule has 2 N–H and O–H groups in total. The van der Waals surface area contributed by atoms with Crippen molar-refractivity contribution in [2.24, 2.45) is 5.92 Å². The van der Waals surface area contributed by atoms with Gasteiger partial charge in [-0.25, -0.2) is 4.79 Å². The fourth-order valence-corrected chi connectivity index (χ4v) is 0.964. The zero-order valence-corrected chi connectivity index (χ0v) is 9.03. The van der Waals surface area contributed by atoms with Crippen molar-refractivity contribution in [3.8, 4) is 0 Å². The van der Waals surface area contributed by atoms with Gasteiger partial charge in [-0.1, -0.05) is 19.9 Å². The van der Waals surface area contributed by atoms with Gasteiger partial charge in [-0.2, -0.15) is 0 Å². The van der Waals surface area contributed by atoms with Crippen LogP contribution in [0.5, 0.6) is 0 Å². The van der Waals surface area contributed by atoms with Crippen molar-refractivity contribution in [2.45, 2.75) is 19.9 Å². The maximum atomic E-state index is 11.2. The monoisotopic (exact) mass is 215 g/mol. The quantitative estimate of drug-likeness (QED) is 0.476. The lowest BCUT2D eigenvalue weighted by Gasteiger charge is -2.17. The third-order valence-corrected chi connectivity index (χ3v) is 1.72. The first-order valence-corrected chi connectivity index (χ1v) is 4.69. The number of nitrogens with one attached hydrogen (secondary N) is 1. The summed E-state index contributed by atoms with van der Waals surface area (Å²) in [6, 6.07) is -0.871. The molecule has 0 aromatic heterocycles. The number of carboxylic acid groups (broad SMARTS) is 1. The third-order valence-electron chi connectivity index (χ3n) is 1.72. The van der Waals surface area contributed by atoms with E-state index in [-0.39, 0.29) is 19.1 Å².